The van der Waals surface area contributed by atoms with Gasteiger partial charge in [0.05, 0.1) is 30.4 Å². The number of fused-ring (bicyclic) bond motifs is 5. The van der Waals surface area contributed by atoms with Gasteiger partial charge in [0, 0.05) is 23.7 Å². The van der Waals surface area contributed by atoms with Crippen LogP contribution in [0.3, 0.4) is 0 Å². The number of methoxy groups -OCH3 is 1. The molecule has 0 unspecified atom stereocenters. The topological polar surface area (TPSA) is 68.6 Å². The third-order valence-electron chi connectivity index (χ3n) is 4.65. The lowest BCUT2D eigenvalue weighted by Crippen LogP contribution is -2.00. The summed E-state index contributed by atoms with van der Waals surface area (Å²) in [4.78, 5) is 8.81. The number of hydrogen-bond acceptors (Lipinski definition) is 4. The van der Waals surface area contributed by atoms with Crippen molar-refractivity contribution in [3.05, 3.63) is 77.8 Å². The predicted octanol–water partition coefficient (Wildman–Crippen LogP) is 2.97. The molecule has 4 heterocycles. The minimum Gasteiger partial charge on any atom is -0.497 e. The van der Waals surface area contributed by atoms with E-state index in [2.05, 4.69) is 36.6 Å². The van der Waals surface area contributed by atoms with Gasteiger partial charge in [0.1, 0.15) is 23.5 Å². The molecule has 27 heavy (non-hydrogen) atoms. The quantitative estimate of drug-likeness (QED) is 0.471. The Morgan fingerprint density at radius 2 is 2.11 bits per heavy atom. The molecule has 0 aliphatic carbocycles. The number of aromatic amines is 1. The van der Waals surface area contributed by atoms with E-state index in [0.717, 1.165) is 45.3 Å². The van der Waals surface area contributed by atoms with Gasteiger partial charge in [-0.05, 0) is 42.2 Å². The van der Waals surface area contributed by atoms with Crippen LogP contribution in [0, 0.1) is 11.8 Å². The largest absolute Gasteiger partial charge is 0.497 e. The molecule has 1 aliphatic heterocycles. The first-order chi connectivity index (χ1) is 13.3. The van der Waals surface area contributed by atoms with E-state index in [9.17, 15) is 0 Å². The summed E-state index contributed by atoms with van der Waals surface area (Å²) in [6.07, 6.45) is 6.10. The molecule has 5 rings (SSSR count). The Hall–Kier alpha value is -3.85. The van der Waals surface area contributed by atoms with Crippen molar-refractivity contribution in [2.45, 2.75) is 6.42 Å². The van der Waals surface area contributed by atoms with E-state index >= 15 is 0 Å². The van der Waals surface area contributed by atoms with Crippen LogP contribution in [0.1, 0.15) is 22.6 Å². The maximum atomic E-state index is 5.40. The summed E-state index contributed by atoms with van der Waals surface area (Å²) in [5.41, 5.74) is 6.65. The summed E-state index contributed by atoms with van der Waals surface area (Å²) in [5.74, 6) is 7.07. The maximum Gasteiger partial charge on any atom is 0.135 e. The molecular weight excluding hydrogens is 338 g/mol. The lowest BCUT2D eigenvalue weighted by Gasteiger charge is -2.11. The second-order valence-corrected chi connectivity index (χ2v) is 6.20. The number of nitrogens with zero attached hydrogens (tertiary/aromatic N) is 4. The van der Waals surface area contributed by atoms with Crippen LogP contribution in [0.2, 0.25) is 0 Å². The van der Waals surface area contributed by atoms with E-state index in [0.29, 0.717) is 6.42 Å². The molecule has 1 N–H and O–H groups in total. The minimum absolute atomic E-state index is 0.690. The highest BCUT2D eigenvalue weighted by Crippen LogP contribution is 2.36. The maximum absolute atomic E-state index is 5.40. The molecule has 1 aromatic carbocycles. The van der Waals surface area contributed by atoms with E-state index < -0.39 is 0 Å². The lowest BCUT2D eigenvalue weighted by molar-refractivity contribution is 0.415. The fourth-order valence-electron chi connectivity index (χ4n) is 3.33. The Morgan fingerprint density at radius 3 is 2.96 bits per heavy atom. The Morgan fingerprint density at radius 1 is 1.15 bits per heavy atom. The van der Waals surface area contributed by atoms with Crippen molar-refractivity contribution < 1.29 is 4.74 Å². The van der Waals surface area contributed by atoms with E-state index in [1.54, 1.807) is 13.3 Å². The zero-order valence-electron chi connectivity index (χ0n) is 14.6. The molecule has 0 atom stereocenters. The van der Waals surface area contributed by atoms with Crippen molar-refractivity contribution in [1.82, 2.24) is 24.7 Å². The number of rotatable bonds is 1. The lowest BCUT2D eigenvalue weighted by atomic mass is 10.0. The van der Waals surface area contributed by atoms with E-state index in [1.807, 2.05) is 48.9 Å². The first kappa shape index (κ1) is 15.4. The van der Waals surface area contributed by atoms with Gasteiger partial charge in [-0.2, -0.15) is 5.10 Å². The Labute approximate surface area is 155 Å². The molecule has 0 radical (unpaired) electrons. The molecule has 1 aliphatic rings. The van der Waals surface area contributed by atoms with Gasteiger partial charge in [-0.3, -0.25) is 5.10 Å². The number of imidazole rings is 1. The second-order valence-electron chi connectivity index (χ2n) is 6.20. The molecule has 0 spiro atoms. The Kier molecular flexibility index (Phi) is 3.51. The molecule has 3 aromatic heterocycles. The Bertz CT molecular complexity index is 1190. The van der Waals surface area contributed by atoms with E-state index in [1.165, 1.54) is 0 Å². The average molecular weight is 353 g/mol. The van der Waals surface area contributed by atoms with Gasteiger partial charge in [-0.15, -0.1) is 0 Å². The third-order valence-corrected chi connectivity index (χ3v) is 4.65. The highest BCUT2D eigenvalue weighted by Gasteiger charge is 2.23. The number of hydrogen-bond donors (Lipinski definition) is 1. The van der Waals surface area contributed by atoms with Crippen LogP contribution in [-0.2, 0) is 6.42 Å². The molecule has 6 heteroatoms. The molecule has 6 nitrogen and oxygen atoms in total. The molecule has 0 saturated carbocycles. The predicted molar refractivity (Wildman–Crippen MR) is 101 cm³/mol. The van der Waals surface area contributed by atoms with Crippen molar-refractivity contribution in [3.8, 4) is 34.5 Å². The molecule has 0 saturated heterocycles. The van der Waals surface area contributed by atoms with Gasteiger partial charge >= 0.3 is 0 Å². The molecule has 0 fully saturated rings. The first-order valence-corrected chi connectivity index (χ1v) is 8.54. The third kappa shape index (κ3) is 2.57. The standard InChI is InChI=1S/C21H15N5O/c1-27-16-6-8-19-17(11-16)21-14(12-24-25-21)10-20-18(23-13-26(19)20)7-5-15-4-2-3-9-22-15/h2-4,6,8-9,11-13H,10H2,1H3,(H,24,25). The fourth-order valence-corrected chi connectivity index (χ4v) is 3.33. The number of aromatic nitrogens is 5. The van der Waals surface area contributed by atoms with Crippen LogP contribution in [0.15, 0.2) is 55.1 Å². The number of pyridine rings is 1. The summed E-state index contributed by atoms with van der Waals surface area (Å²) in [6.45, 7) is 0. The molecule has 130 valence electrons. The number of nitrogens with one attached hydrogen (secondary N) is 1. The van der Waals surface area contributed by atoms with Crippen molar-refractivity contribution in [2.24, 2.45) is 0 Å². The fraction of sp³-hybridized carbons (Fsp3) is 0.0952. The zero-order valence-corrected chi connectivity index (χ0v) is 14.6. The van der Waals surface area contributed by atoms with Crippen molar-refractivity contribution >= 4 is 0 Å². The van der Waals surface area contributed by atoms with E-state index in [4.69, 9.17) is 4.74 Å². The van der Waals surface area contributed by atoms with Crippen LogP contribution in [0.25, 0.3) is 16.9 Å². The molecular formula is C21H15N5O. The summed E-state index contributed by atoms with van der Waals surface area (Å²) in [5, 5.41) is 7.36. The monoisotopic (exact) mass is 353 g/mol. The van der Waals surface area contributed by atoms with Crippen LogP contribution < -0.4 is 4.74 Å². The smallest absolute Gasteiger partial charge is 0.135 e. The van der Waals surface area contributed by atoms with Gasteiger partial charge in [-0.25, -0.2) is 9.97 Å². The number of ether oxygens (including phenoxy) is 1. The highest BCUT2D eigenvalue weighted by atomic mass is 16.5. The van der Waals surface area contributed by atoms with E-state index in [-0.39, 0.29) is 0 Å². The van der Waals surface area contributed by atoms with Crippen LogP contribution >= 0.6 is 0 Å². The molecule has 4 aromatic rings. The minimum atomic E-state index is 0.690. The summed E-state index contributed by atoms with van der Waals surface area (Å²) >= 11 is 0. The average Bonchev–Trinajstić information content (AvgIpc) is 3.32. The van der Waals surface area contributed by atoms with Crippen molar-refractivity contribution in [1.29, 1.82) is 0 Å². The van der Waals surface area contributed by atoms with Gasteiger partial charge in [-0.1, -0.05) is 6.07 Å². The van der Waals surface area contributed by atoms with Gasteiger partial charge in [0.25, 0.3) is 0 Å². The summed E-state index contributed by atoms with van der Waals surface area (Å²) in [7, 11) is 1.67. The SMILES string of the molecule is COc1ccc2c(c1)-c1[nH]ncc1Cc1c(C#Cc3ccccn3)ncn1-2. The van der Waals surface area contributed by atoms with Crippen molar-refractivity contribution in [2.75, 3.05) is 7.11 Å². The Balaban J connectivity index is 1.68. The van der Waals surface area contributed by atoms with Crippen molar-refractivity contribution in [3.63, 3.8) is 0 Å². The van der Waals surface area contributed by atoms with Gasteiger partial charge in [0.15, 0.2) is 0 Å². The normalized spacial score (nSPS) is 11.4. The van der Waals surface area contributed by atoms with Crippen LogP contribution in [0.5, 0.6) is 5.75 Å². The zero-order chi connectivity index (χ0) is 18.2. The van der Waals surface area contributed by atoms with Crippen LogP contribution in [-0.4, -0.2) is 31.8 Å². The first-order valence-electron chi connectivity index (χ1n) is 8.54. The number of H-pyrrole nitrogens is 1. The summed E-state index contributed by atoms with van der Waals surface area (Å²) < 4.78 is 7.49. The second kappa shape index (κ2) is 6.15. The van der Waals surface area contributed by atoms with Gasteiger partial charge in [0.2, 0.25) is 0 Å². The van der Waals surface area contributed by atoms with Gasteiger partial charge < -0.3 is 9.30 Å². The highest BCUT2D eigenvalue weighted by molar-refractivity contribution is 5.76. The summed E-state index contributed by atoms with van der Waals surface area (Å²) in [6, 6.07) is 11.7. The van der Waals surface area contributed by atoms with Crippen LogP contribution in [0.4, 0.5) is 0 Å². The molecule has 0 bridgehead atoms. The molecule has 0 amide bonds. The number of benzene rings is 1.